The average molecular weight is 473 g/mol. The molecule has 7 nitrogen and oxygen atoms in total. The number of thioether (sulfide) groups is 1. The number of H-pyrrole nitrogens is 1. The first-order valence-electron chi connectivity index (χ1n) is 10.0. The molecule has 0 fully saturated rings. The molecule has 3 rings (SSSR count). The topological polar surface area (TPSA) is 98.4 Å². The lowest BCUT2D eigenvalue weighted by atomic mass is 10.1. The fraction of sp³-hybridized carbons (Fsp3) is 0.304. The van der Waals surface area contributed by atoms with Gasteiger partial charge in [0.25, 0.3) is 0 Å². The molecule has 168 valence electrons. The zero-order valence-corrected chi connectivity index (χ0v) is 19.9. The van der Waals surface area contributed by atoms with Crippen molar-refractivity contribution in [2.75, 3.05) is 13.2 Å². The third-order valence-electron chi connectivity index (χ3n) is 4.68. The summed E-state index contributed by atoms with van der Waals surface area (Å²) in [4.78, 5) is 45.6. The van der Waals surface area contributed by atoms with Crippen LogP contribution in [0.2, 0.25) is 0 Å². The second-order valence-corrected chi connectivity index (χ2v) is 9.07. The average Bonchev–Trinajstić information content (AvgIpc) is 3.32. The number of rotatable bonds is 9. The summed E-state index contributed by atoms with van der Waals surface area (Å²) in [6.45, 7) is 6.82. The number of Topliss-reactive ketones (excluding diaryl/α,β-unsaturated/α-hetero) is 1. The number of benzene rings is 1. The molecule has 9 heteroatoms. The van der Waals surface area contributed by atoms with Crippen LogP contribution >= 0.6 is 23.1 Å². The molecule has 0 atom stereocenters. The number of thiazole rings is 1. The minimum absolute atomic E-state index is 0.236. The molecule has 0 amide bonds. The van der Waals surface area contributed by atoms with Crippen molar-refractivity contribution in [3.05, 3.63) is 68.4 Å². The van der Waals surface area contributed by atoms with Crippen LogP contribution in [0.4, 0.5) is 0 Å². The van der Waals surface area contributed by atoms with Crippen molar-refractivity contribution in [1.82, 2.24) is 9.97 Å². The maximum atomic E-state index is 12.7. The minimum atomic E-state index is -0.581. The van der Waals surface area contributed by atoms with Crippen LogP contribution in [0.25, 0.3) is 0 Å². The molecule has 0 aliphatic heterocycles. The monoisotopic (exact) mass is 472 g/mol. The van der Waals surface area contributed by atoms with E-state index in [9.17, 15) is 14.4 Å². The van der Waals surface area contributed by atoms with Gasteiger partial charge in [-0.3, -0.25) is 4.79 Å². The third-order valence-corrected chi connectivity index (χ3v) is 6.61. The normalized spacial score (nSPS) is 10.8. The first-order chi connectivity index (χ1) is 15.3. The highest BCUT2D eigenvalue weighted by Crippen LogP contribution is 2.27. The van der Waals surface area contributed by atoms with E-state index in [1.165, 1.54) is 11.8 Å². The van der Waals surface area contributed by atoms with Gasteiger partial charge in [0, 0.05) is 21.7 Å². The molecule has 0 unspecified atom stereocenters. The van der Waals surface area contributed by atoms with E-state index in [1.54, 1.807) is 44.2 Å². The fourth-order valence-electron chi connectivity index (χ4n) is 3.21. The van der Waals surface area contributed by atoms with Crippen molar-refractivity contribution >= 4 is 40.8 Å². The number of hydrogen-bond donors (Lipinski definition) is 1. The first kappa shape index (κ1) is 23.7. The maximum Gasteiger partial charge on any atom is 0.340 e. The summed E-state index contributed by atoms with van der Waals surface area (Å²) in [6.07, 6.45) is 0. The van der Waals surface area contributed by atoms with Crippen LogP contribution in [0.1, 0.15) is 60.1 Å². The number of ketones is 1. The van der Waals surface area contributed by atoms with Crippen molar-refractivity contribution in [3.8, 4) is 0 Å². The van der Waals surface area contributed by atoms with Crippen LogP contribution < -0.4 is 0 Å². The third kappa shape index (κ3) is 5.46. The van der Waals surface area contributed by atoms with Gasteiger partial charge in [0.05, 0.1) is 34.1 Å². The van der Waals surface area contributed by atoms with Gasteiger partial charge in [0.15, 0.2) is 6.61 Å². The number of aromatic nitrogens is 2. The fourth-order valence-corrected chi connectivity index (χ4v) is 4.86. The molecule has 0 bridgehead atoms. The predicted octanol–water partition coefficient (Wildman–Crippen LogP) is 4.91. The van der Waals surface area contributed by atoms with Crippen LogP contribution in [-0.2, 0) is 15.2 Å². The Morgan fingerprint density at radius 2 is 1.84 bits per heavy atom. The van der Waals surface area contributed by atoms with E-state index in [0.717, 1.165) is 15.6 Å². The summed E-state index contributed by atoms with van der Waals surface area (Å²) in [5, 5.41) is 2.99. The van der Waals surface area contributed by atoms with E-state index < -0.39 is 24.3 Å². The van der Waals surface area contributed by atoms with Crippen LogP contribution in [0.5, 0.6) is 0 Å². The van der Waals surface area contributed by atoms with Crippen molar-refractivity contribution in [2.24, 2.45) is 0 Å². The van der Waals surface area contributed by atoms with Gasteiger partial charge in [-0.15, -0.1) is 23.1 Å². The number of aromatic amines is 1. The number of carbonyl (C=O) groups is 3. The van der Waals surface area contributed by atoms with Crippen LogP contribution in [0.3, 0.4) is 0 Å². The standard InChI is InChI=1S/C23H24N2O5S2/c1-5-29-23(28)20-13(2)21(24-14(20)3)18(26)10-30-22(27)17-8-6-7-9-19(17)32-12-16-11-31-15(4)25-16/h6-9,11,24H,5,10,12H2,1-4H3. The molecular formula is C23H24N2O5S2. The molecule has 0 spiro atoms. The number of hydrogen-bond acceptors (Lipinski definition) is 8. The summed E-state index contributed by atoms with van der Waals surface area (Å²) in [6, 6.07) is 7.11. The van der Waals surface area contributed by atoms with Gasteiger partial charge in [-0.1, -0.05) is 12.1 Å². The Balaban J connectivity index is 1.67. The summed E-state index contributed by atoms with van der Waals surface area (Å²) in [7, 11) is 0. The quantitative estimate of drug-likeness (QED) is 0.268. The molecule has 2 heterocycles. The highest BCUT2D eigenvalue weighted by molar-refractivity contribution is 7.98. The van der Waals surface area contributed by atoms with E-state index in [2.05, 4.69) is 9.97 Å². The lowest BCUT2D eigenvalue weighted by molar-refractivity contribution is 0.0469. The van der Waals surface area contributed by atoms with Crippen molar-refractivity contribution in [3.63, 3.8) is 0 Å². The molecule has 0 saturated heterocycles. The molecule has 3 aromatic rings. The number of nitrogens with zero attached hydrogens (tertiary/aromatic N) is 1. The van der Waals surface area contributed by atoms with E-state index >= 15 is 0 Å². The predicted molar refractivity (Wildman–Crippen MR) is 124 cm³/mol. The zero-order valence-electron chi connectivity index (χ0n) is 18.3. The number of aryl methyl sites for hydroxylation is 2. The molecule has 1 aromatic carbocycles. The van der Waals surface area contributed by atoms with Crippen molar-refractivity contribution in [1.29, 1.82) is 0 Å². The van der Waals surface area contributed by atoms with E-state index in [4.69, 9.17) is 9.47 Å². The Bertz CT molecular complexity index is 1150. The lowest BCUT2D eigenvalue weighted by Gasteiger charge is -2.09. The van der Waals surface area contributed by atoms with Gasteiger partial charge >= 0.3 is 11.9 Å². The Kier molecular flexibility index (Phi) is 7.87. The van der Waals surface area contributed by atoms with Crippen LogP contribution in [0, 0.1) is 20.8 Å². The van der Waals surface area contributed by atoms with Crippen molar-refractivity contribution in [2.45, 2.75) is 38.3 Å². The van der Waals surface area contributed by atoms with Gasteiger partial charge in [-0.25, -0.2) is 14.6 Å². The highest BCUT2D eigenvalue weighted by atomic mass is 32.2. The SMILES string of the molecule is CCOC(=O)c1c(C)[nH]c(C(=O)COC(=O)c2ccccc2SCc2csc(C)n2)c1C. The first-order valence-corrected chi connectivity index (χ1v) is 11.9. The molecule has 0 saturated carbocycles. The Morgan fingerprint density at radius 3 is 2.53 bits per heavy atom. The second kappa shape index (κ2) is 10.6. The van der Waals surface area contributed by atoms with Gasteiger partial charge < -0.3 is 14.5 Å². The molecule has 32 heavy (non-hydrogen) atoms. The van der Waals surface area contributed by atoms with E-state index in [1.807, 2.05) is 24.4 Å². The van der Waals surface area contributed by atoms with Gasteiger partial charge in [-0.2, -0.15) is 0 Å². The molecule has 0 radical (unpaired) electrons. The summed E-state index contributed by atoms with van der Waals surface area (Å²) < 4.78 is 10.3. The molecular weight excluding hydrogens is 448 g/mol. The second-order valence-electron chi connectivity index (χ2n) is 6.99. The number of carbonyl (C=O) groups excluding carboxylic acids is 3. The maximum absolute atomic E-state index is 12.7. The van der Waals surface area contributed by atoms with Crippen molar-refractivity contribution < 1.29 is 23.9 Å². The van der Waals surface area contributed by atoms with Crippen LogP contribution in [-0.4, -0.2) is 40.9 Å². The number of ether oxygens (including phenoxy) is 2. The highest BCUT2D eigenvalue weighted by Gasteiger charge is 2.24. The number of nitrogens with one attached hydrogen (secondary N) is 1. The van der Waals surface area contributed by atoms with Gasteiger partial charge in [0.2, 0.25) is 5.78 Å². The Hall–Kier alpha value is -2.91. The molecule has 0 aliphatic rings. The molecule has 0 aliphatic carbocycles. The number of esters is 2. The Labute approximate surface area is 194 Å². The van der Waals surface area contributed by atoms with E-state index in [0.29, 0.717) is 28.1 Å². The summed E-state index contributed by atoms with van der Waals surface area (Å²) >= 11 is 3.07. The molecule has 2 aromatic heterocycles. The van der Waals surface area contributed by atoms with E-state index in [-0.39, 0.29) is 12.3 Å². The minimum Gasteiger partial charge on any atom is -0.462 e. The van der Waals surface area contributed by atoms with Gasteiger partial charge in [-0.05, 0) is 45.4 Å². The zero-order chi connectivity index (χ0) is 23.3. The summed E-state index contributed by atoms with van der Waals surface area (Å²) in [5.41, 5.74) is 2.93. The largest absolute Gasteiger partial charge is 0.462 e. The lowest BCUT2D eigenvalue weighted by Crippen LogP contribution is -2.16. The van der Waals surface area contributed by atoms with Gasteiger partial charge in [0.1, 0.15) is 0 Å². The smallest absolute Gasteiger partial charge is 0.340 e. The molecule has 1 N–H and O–H groups in total. The summed E-state index contributed by atoms with van der Waals surface area (Å²) in [5.74, 6) is -0.860. The Morgan fingerprint density at radius 1 is 1.09 bits per heavy atom. The van der Waals surface area contributed by atoms with Crippen LogP contribution in [0.15, 0.2) is 34.5 Å².